The van der Waals surface area contributed by atoms with Gasteiger partial charge in [-0.3, -0.25) is 14.6 Å². The van der Waals surface area contributed by atoms with Crippen LogP contribution in [0.25, 0.3) is 21.8 Å². The lowest BCUT2D eigenvalue weighted by atomic mass is 10.1. The summed E-state index contributed by atoms with van der Waals surface area (Å²) in [4.78, 5) is 42.3. The van der Waals surface area contributed by atoms with Gasteiger partial charge in [0.1, 0.15) is 20.2 Å². The predicted molar refractivity (Wildman–Crippen MR) is 168 cm³/mol. The van der Waals surface area contributed by atoms with Crippen molar-refractivity contribution in [2.24, 2.45) is 0 Å². The topological polar surface area (TPSA) is 136 Å². The number of hydrogen-bond acceptors (Lipinski definition) is 11. The number of amides is 2. The molecule has 14 heteroatoms. The zero-order valence-corrected chi connectivity index (χ0v) is 26.6. The molecule has 0 aliphatic carbocycles. The van der Waals surface area contributed by atoms with E-state index in [-0.39, 0.29) is 58.7 Å². The third-order valence-corrected chi connectivity index (χ3v) is 6.59. The van der Waals surface area contributed by atoms with E-state index in [0.717, 1.165) is 0 Å². The van der Waals surface area contributed by atoms with Gasteiger partial charge in [-0.05, 0) is 50.2 Å². The molecule has 0 radical (unpaired) electrons. The highest BCUT2D eigenvalue weighted by Gasteiger charge is 2.22. The zero-order valence-electron chi connectivity index (χ0n) is 26.6. The van der Waals surface area contributed by atoms with Crippen molar-refractivity contribution < 1.29 is 47.5 Å². The Morgan fingerprint density at radius 2 is 1.07 bits per heavy atom. The first-order valence-corrected chi connectivity index (χ1v) is 14.6. The van der Waals surface area contributed by atoms with E-state index >= 15 is 0 Å². The van der Waals surface area contributed by atoms with Crippen LogP contribution in [0.4, 0.5) is 21.0 Å². The fourth-order valence-corrected chi connectivity index (χ4v) is 4.38. The number of anilines is 2. The monoisotopic (exact) mass is 633 g/mol. The van der Waals surface area contributed by atoms with Crippen molar-refractivity contribution in [1.29, 1.82) is 0 Å². The lowest BCUT2D eigenvalue weighted by Crippen LogP contribution is -2.34. The maximum absolute atomic E-state index is 13.8. The second-order valence-electron chi connectivity index (χ2n) is 9.50. The number of ether oxygens (including phenoxy) is 8. The molecule has 2 aromatic carbocycles. The van der Waals surface area contributed by atoms with Crippen molar-refractivity contribution in [3.63, 3.8) is 0 Å². The fraction of sp³-hybridized carbons (Fsp3) is 0.516. The number of aromatic nitrogens is 1. The van der Waals surface area contributed by atoms with Crippen LogP contribution in [0.15, 0.2) is 41.2 Å². The molecule has 0 unspecified atom stereocenters. The van der Waals surface area contributed by atoms with Crippen LogP contribution in [0.5, 0.6) is 0 Å². The van der Waals surface area contributed by atoms with Crippen LogP contribution >= 0.6 is 0 Å². The van der Waals surface area contributed by atoms with Gasteiger partial charge in [-0.15, -0.1) is 0 Å². The van der Waals surface area contributed by atoms with E-state index in [0.29, 0.717) is 53.0 Å². The number of nitrogens with zero attached hydrogens (tertiary/aromatic N) is 3. The second kappa shape index (κ2) is 18.9. The molecule has 0 bridgehead atoms. The van der Waals surface area contributed by atoms with Crippen molar-refractivity contribution in [3.8, 4) is 0 Å². The summed E-state index contributed by atoms with van der Waals surface area (Å²) < 4.78 is 44.8. The molecule has 1 heterocycles. The number of rotatable bonds is 19. The van der Waals surface area contributed by atoms with Crippen LogP contribution in [-0.4, -0.2) is 104 Å². The van der Waals surface area contributed by atoms with Crippen LogP contribution in [0.1, 0.15) is 13.8 Å². The highest BCUT2D eigenvalue weighted by molar-refractivity contribution is 5.99. The average Bonchev–Trinajstić information content (AvgIpc) is 3.04. The molecule has 1 aromatic heterocycles. The molecule has 45 heavy (non-hydrogen) atoms. The van der Waals surface area contributed by atoms with Gasteiger partial charge in [0.25, 0.3) is 0 Å². The van der Waals surface area contributed by atoms with Crippen molar-refractivity contribution in [2.75, 3.05) is 97.4 Å². The Bertz CT molecular complexity index is 1350. The molecule has 0 saturated heterocycles. The third-order valence-electron chi connectivity index (χ3n) is 6.59. The minimum atomic E-state index is -0.610. The summed E-state index contributed by atoms with van der Waals surface area (Å²) in [6, 6.07) is 10.0. The van der Waals surface area contributed by atoms with Gasteiger partial charge in [0.2, 0.25) is 0 Å². The standard InChI is InChI=1S/C31H43N3O11/c1-6-44-30(36)32(20-41-15-12-38-3)23-8-10-25-27(18-23)34(22-43-17-14-40-5)28-19-24(9-11-26(28)29(25)35)33(31(37)45-7-2)21-42-16-13-39-4/h8-11,18-19H,6-7,12-17,20-22H2,1-5H3. The van der Waals surface area contributed by atoms with Crippen molar-refractivity contribution in [1.82, 2.24) is 4.57 Å². The molecule has 0 fully saturated rings. The van der Waals surface area contributed by atoms with Crippen molar-refractivity contribution in [2.45, 2.75) is 20.6 Å². The number of carbonyl (C=O) groups excluding carboxylic acids is 2. The Morgan fingerprint density at radius 1 is 0.644 bits per heavy atom. The molecular formula is C31H43N3O11. The number of pyridine rings is 1. The Balaban J connectivity index is 2.19. The van der Waals surface area contributed by atoms with E-state index in [1.807, 2.05) is 0 Å². The van der Waals surface area contributed by atoms with Crippen molar-refractivity contribution >= 4 is 45.4 Å². The van der Waals surface area contributed by atoms with Crippen LogP contribution in [0.3, 0.4) is 0 Å². The molecule has 0 N–H and O–H groups in total. The Hall–Kier alpha value is -3.79. The van der Waals surface area contributed by atoms with Gasteiger partial charge in [0.05, 0.1) is 75.3 Å². The van der Waals surface area contributed by atoms with Gasteiger partial charge in [-0.25, -0.2) is 9.59 Å². The average molecular weight is 634 g/mol. The lowest BCUT2D eigenvalue weighted by molar-refractivity contribution is 0.0375. The molecule has 0 aliphatic rings. The van der Waals surface area contributed by atoms with Gasteiger partial charge < -0.3 is 42.5 Å². The summed E-state index contributed by atoms with van der Waals surface area (Å²) in [7, 11) is 4.68. The van der Waals surface area contributed by atoms with Gasteiger partial charge >= 0.3 is 12.2 Å². The Morgan fingerprint density at radius 3 is 1.47 bits per heavy atom. The quantitative estimate of drug-likeness (QED) is 0.108. The van der Waals surface area contributed by atoms with Gasteiger partial charge in [0.15, 0.2) is 5.43 Å². The minimum Gasteiger partial charge on any atom is -0.449 e. The van der Waals surface area contributed by atoms with Gasteiger partial charge in [-0.1, -0.05) is 0 Å². The van der Waals surface area contributed by atoms with Gasteiger partial charge in [0, 0.05) is 32.1 Å². The van der Waals surface area contributed by atoms with Crippen LogP contribution in [0.2, 0.25) is 0 Å². The number of benzene rings is 2. The second-order valence-corrected chi connectivity index (χ2v) is 9.50. The van der Waals surface area contributed by atoms with E-state index in [4.69, 9.17) is 37.9 Å². The number of fused-ring (bicyclic) bond motifs is 2. The smallest absolute Gasteiger partial charge is 0.416 e. The maximum Gasteiger partial charge on any atom is 0.416 e. The minimum absolute atomic E-state index is 0.0387. The SMILES string of the molecule is CCOC(=O)N(COCCOC)c1ccc2c(=O)c3ccc(N(COCCOC)C(=O)OCC)cc3n(COCCOC)c2c1. The van der Waals surface area contributed by atoms with E-state index in [1.165, 1.54) is 9.80 Å². The Labute approximate surface area is 262 Å². The lowest BCUT2D eigenvalue weighted by Gasteiger charge is -2.24. The number of hydrogen-bond donors (Lipinski definition) is 0. The van der Waals surface area contributed by atoms with E-state index in [1.54, 1.807) is 76.1 Å². The van der Waals surface area contributed by atoms with E-state index < -0.39 is 12.2 Å². The molecule has 248 valence electrons. The summed E-state index contributed by atoms with van der Waals surface area (Å²) >= 11 is 0. The van der Waals surface area contributed by atoms with Crippen LogP contribution < -0.4 is 15.2 Å². The first-order chi connectivity index (χ1) is 21.9. The molecule has 3 aromatic rings. The summed E-state index contributed by atoms with van der Waals surface area (Å²) in [6.07, 6.45) is -1.22. The molecular weight excluding hydrogens is 590 g/mol. The largest absolute Gasteiger partial charge is 0.449 e. The fourth-order valence-electron chi connectivity index (χ4n) is 4.38. The summed E-state index contributed by atoms with van der Waals surface area (Å²) in [6.45, 7) is 5.46. The number of carbonyl (C=O) groups is 2. The maximum atomic E-state index is 13.8. The molecule has 0 atom stereocenters. The molecule has 0 saturated carbocycles. The first-order valence-electron chi connectivity index (χ1n) is 14.6. The predicted octanol–water partition coefficient (Wildman–Crippen LogP) is 3.94. The zero-order chi connectivity index (χ0) is 32.6. The van der Waals surface area contributed by atoms with Gasteiger partial charge in [-0.2, -0.15) is 0 Å². The molecule has 14 nitrogen and oxygen atoms in total. The highest BCUT2D eigenvalue weighted by Crippen LogP contribution is 2.28. The van der Waals surface area contributed by atoms with Crippen LogP contribution in [-0.2, 0) is 44.6 Å². The Kier molecular flexibility index (Phi) is 15.0. The third kappa shape index (κ3) is 9.60. The normalized spacial score (nSPS) is 11.2. The first kappa shape index (κ1) is 35.7. The summed E-state index contributed by atoms with van der Waals surface area (Å²) in [5.41, 5.74) is 1.64. The molecule has 0 aliphatic heterocycles. The number of methoxy groups -OCH3 is 3. The summed E-state index contributed by atoms with van der Waals surface area (Å²) in [5, 5.41) is 0.812. The molecule has 3 rings (SSSR count). The molecule has 2 amide bonds. The highest BCUT2D eigenvalue weighted by atomic mass is 16.6. The van der Waals surface area contributed by atoms with E-state index in [9.17, 15) is 14.4 Å². The van der Waals surface area contributed by atoms with E-state index in [2.05, 4.69) is 0 Å². The summed E-state index contributed by atoms with van der Waals surface area (Å²) in [5.74, 6) is 0. The molecule has 0 spiro atoms. The van der Waals surface area contributed by atoms with Crippen molar-refractivity contribution in [3.05, 3.63) is 46.6 Å². The van der Waals surface area contributed by atoms with Crippen LogP contribution in [0, 0.1) is 0 Å².